The molecule has 1 fully saturated rings. The molecule has 0 aliphatic heterocycles. The molecule has 20 heavy (non-hydrogen) atoms. The van der Waals surface area contributed by atoms with Crippen LogP contribution in [0.4, 0.5) is 4.39 Å². The van der Waals surface area contributed by atoms with Crippen LogP contribution in [0.1, 0.15) is 49.0 Å². The Kier molecular flexibility index (Phi) is 4.76. The van der Waals surface area contributed by atoms with E-state index >= 15 is 0 Å². The maximum atomic E-state index is 13.6. The molecule has 1 aromatic rings. The third kappa shape index (κ3) is 3.79. The minimum absolute atomic E-state index is 0.0721. The summed E-state index contributed by atoms with van der Waals surface area (Å²) in [6, 6.07) is 2.43. The van der Waals surface area contributed by atoms with Gasteiger partial charge in [-0.1, -0.05) is 6.92 Å². The molecule has 1 aliphatic carbocycles. The third-order valence-electron chi connectivity index (χ3n) is 3.68. The van der Waals surface area contributed by atoms with Crippen LogP contribution >= 0.6 is 0 Å². The Morgan fingerprint density at radius 2 is 2.15 bits per heavy atom. The molecule has 0 saturated heterocycles. The molecule has 2 rings (SSSR count). The molecule has 0 spiro atoms. The fraction of sp³-hybridized carbons (Fsp3) is 0.562. The molecule has 1 aromatic carbocycles. The molecule has 0 amide bonds. The van der Waals surface area contributed by atoms with Gasteiger partial charge in [-0.15, -0.1) is 0 Å². The zero-order chi connectivity index (χ0) is 14.7. The van der Waals surface area contributed by atoms with Crippen molar-refractivity contribution in [1.29, 1.82) is 0 Å². The summed E-state index contributed by atoms with van der Waals surface area (Å²) in [6.07, 6.45) is 3.53. The number of Topliss-reactive ketones (excluding diaryl/α,β-unsaturated/α-hetero) is 1. The Hall–Kier alpha value is -1.42. The van der Waals surface area contributed by atoms with Gasteiger partial charge in [0.25, 0.3) is 0 Å². The minimum atomic E-state index is -0.467. The summed E-state index contributed by atoms with van der Waals surface area (Å²) in [4.78, 5) is 13.7. The Balaban J connectivity index is 2.19. The van der Waals surface area contributed by atoms with Crippen molar-refractivity contribution in [3.05, 3.63) is 29.1 Å². The second kappa shape index (κ2) is 6.35. The van der Waals surface area contributed by atoms with Crippen LogP contribution in [0, 0.1) is 11.7 Å². The van der Waals surface area contributed by atoms with Crippen molar-refractivity contribution in [3.8, 4) is 5.75 Å². The van der Waals surface area contributed by atoms with Crippen LogP contribution in [0.2, 0.25) is 0 Å². The van der Waals surface area contributed by atoms with E-state index in [0.29, 0.717) is 12.1 Å². The lowest BCUT2D eigenvalue weighted by Crippen LogP contribution is -2.26. The van der Waals surface area contributed by atoms with Crippen molar-refractivity contribution in [2.24, 2.45) is 5.92 Å². The number of hydrogen-bond acceptors (Lipinski definition) is 3. The van der Waals surface area contributed by atoms with Crippen molar-refractivity contribution < 1.29 is 14.3 Å². The van der Waals surface area contributed by atoms with Gasteiger partial charge in [-0.2, -0.15) is 0 Å². The Bertz CT molecular complexity index is 497. The van der Waals surface area contributed by atoms with Crippen molar-refractivity contribution >= 4 is 5.78 Å². The van der Waals surface area contributed by atoms with E-state index in [2.05, 4.69) is 11.8 Å². The van der Waals surface area contributed by atoms with Crippen LogP contribution in [0.5, 0.6) is 5.75 Å². The number of halogens is 1. The highest BCUT2D eigenvalue weighted by atomic mass is 19.1. The van der Waals surface area contributed by atoms with Crippen molar-refractivity contribution in [2.45, 2.75) is 39.7 Å². The van der Waals surface area contributed by atoms with E-state index in [-0.39, 0.29) is 17.1 Å². The van der Waals surface area contributed by atoms with Crippen molar-refractivity contribution in [1.82, 2.24) is 4.90 Å². The first kappa shape index (κ1) is 15.0. The van der Waals surface area contributed by atoms with E-state index in [1.807, 2.05) is 0 Å². The smallest absolute Gasteiger partial charge is 0.163 e. The van der Waals surface area contributed by atoms with Gasteiger partial charge >= 0.3 is 0 Å². The van der Waals surface area contributed by atoms with Gasteiger partial charge in [-0.05, 0) is 50.8 Å². The number of ketones is 1. The van der Waals surface area contributed by atoms with E-state index in [1.54, 1.807) is 0 Å². The minimum Gasteiger partial charge on any atom is -0.507 e. The van der Waals surface area contributed by atoms with Gasteiger partial charge < -0.3 is 5.11 Å². The lowest BCUT2D eigenvalue weighted by atomic mass is 10.0. The van der Waals surface area contributed by atoms with E-state index in [1.165, 1.54) is 25.8 Å². The van der Waals surface area contributed by atoms with Crippen LogP contribution < -0.4 is 0 Å². The molecular weight excluding hydrogens is 257 g/mol. The number of benzene rings is 1. The fourth-order valence-corrected chi connectivity index (χ4v) is 2.50. The molecule has 0 radical (unpaired) electrons. The second-order valence-corrected chi connectivity index (χ2v) is 5.70. The molecule has 3 nitrogen and oxygen atoms in total. The first-order valence-corrected chi connectivity index (χ1v) is 7.26. The monoisotopic (exact) mass is 279 g/mol. The first-order chi connectivity index (χ1) is 9.51. The second-order valence-electron chi connectivity index (χ2n) is 5.70. The number of carbonyl (C=O) groups is 1. The number of phenolic OH excluding ortho intramolecular Hbond substituents is 1. The van der Waals surface area contributed by atoms with Gasteiger partial charge in [0, 0.05) is 18.7 Å². The first-order valence-electron chi connectivity index (χ1n) is 7.26. The number of nitrogens with zero attached hydrogens (tertiary/aromatic N) is 1. The van der Waals surface area contributed by atoms with Crippen LogP contribution in [-0.2, 0) is 6.54 Å². The molecule has 0 heterocycles. The van der Waals surface area contributed by atoms with E-state index in [4.69, 9.17) is 0 Å². The molecule has 0 bridgehead atoms. The molecule has 0 aromatic heterocycles. The average Bonchev–Trinajstić information content (AvgIpc) is 3.17. The number of hydrogen-bond donors (Lipinski definition) is 1. The molecule has 0 unspecified atom stereocenters. The summed E-state index contributed by atoms with van der Waals surface area (Å²) in [5.74, 6) is -0.112. The maximum absolute atomic E-state index is 13.6. The lowest BCUT2D eigenvalue weighted by molar-refractivity contribution is 0.101. The van der Waals surface area contributed by atoms with Gasteiger partial charge in [0.15, 0.2) is 5.78 Å². The highest BCUT2D eigenvalue weighted by Crippen LogP contribution is 2.31. The molecule has 110 valence electrons. The summed E-state index contributed by atoms with van der Waals surface area (Å²) in [6.45, 7) is 5.84. The quantitative estimate of drug-likeness (QED) is 0.778. The maximum Gasteiger partial charge on any atom is 0.163 e. The molecule has 4 heteroatoms. The van der Waals surface area contributed by atoms with Crippen LogP contribution in [0.3, 0.4) is 0 Å². The van der Waals surface area contributed by atoms with E-state index in [0.717, 1.165) is 31.5 Å². The van der Waals surface area contributed by atoms with Gasteiger partial charge in [-0.3, -0.25) is 9.69 Å². The normalized spacial score (nSPS) is 14.8. The van der Waals surface area contributed by atoms with Gasteiger partial charge in [0.2, 0.25) is 0 Å². The fourth-order valence-electron chi connectivity index (χ4n) is 2.50. The summed E-state index contributed by atoms with van der Waals surface area (Å²) in [7, 11) is 0. The van der Waals surface area contributed by atoms with E-state index in [9.17, 15) is 14.3 Å². The van der Waals surface area contributed by atoms with Gasteiger partial charge in [0.1, 0.15) is 11.6 Å². The Labute approximate surface area is 119 Å². The molecule has 1 saturated carbocycles. The zero-order valence-corrected chi connectivity index (χ0v) is 12.2. The molecule has 1 N–H and O–H groups in total. The summed E-state index contributed by atoms with van der Waals surface area (Å²) >= 11 is 0. The number of carbonyl (C=O) groups excluding carboxylic acids is 1. The number of rotatable bonds is 7. The summed E-state index contributed by atoms with van der Waals surface area (Å²) in [5, 5.41) is 10.1. The van der Waals surface area contributed by atoms with Crippen LogP contribution in [0.15, 0.2) is 12.1 Å². The SMILES string of the molecule is CCCN(Cc1cc(F)cc(C(C)=O)c1O)CC1CC1. The predicted octanol–water partition coefficient (Wildman–Crippen LogP) is 3.36. The lowest BCUT2D eigenvalue weighted by Gasteiger charge is -2.22. The highest BCUT2D eigenvalue weighted by Gasteiger charge is 2.25. The van der Waals surface area contributed by atoms with Crippen molar-refractivity contribution in [2.75, 3.05) is 13.1 Å². The summed E-state index contributed by atoms with van der Waals surface area (Å²) < 4.78 is 13.6. The van der Waals surface area contributed by atoms with Crippen LogP contribution in [-0.4, -0.2) is 28.9 Å². The third-order valence-corrected chi connectivity index (χ3v) is 3.68. The van der Waals surface area contributed by atoms with Gasteiger partial charge in [-0.25, -0.2) is 4.39 Å². The van der Waals surface area contributed by atoms with E-state index < -0.39 is 5.82 Å². The Morgan fingerprint density at radius 3 is 2.70 bits per heavy atom. The average molecular weight is 279 g/mol. The zero-order valence-electron chi connectivity index (χ0n) is 12.2. The molecule has 1 aliphatic rings. The predicted molar refractivity (Wildman–Crippen MR) is 76.4 cm³/mol. The summed E-state index contributed by atoms with van der Waals surface area (Å²) in [5.41, 5.74) is 0.576. The number of aromatic hydroxyl groups is 1. The number of phenols is 1. The highest BCUT2D eigenvalue weighted by molar-refractivity contribution is 5.97. The van der Waals surface area contributed by atoms with Crippen LogP contribution in [0.25, 0.3) is 0 Å². The molecular formula is C16H22FNO2. The van der Waals surface area contributed by atoms with Crippen molar-refractivity contribution in [3.63, 3.8) is 0 Å². The Morgan fingerprint density at radius 1 is 1.45 bits per heavy atom. The van der Waals surface area contributed by atoms with Gasteiger partial charge in [0.05, 0.1) is 5.56 Å². The topological polar surface area (TPSA) is 40.5 Å². The largest absolute Gasteiger partial charge is 0.507 e. The molecule has 0 atom stereocenters. The standard InChI is InChI=1S/C16H22FNO2/c1-3-6-18(9-12-4-5-12)10-13-7-14(17)8-15(11(2)19)16(13)20/h7-8,12,20H,3-6,9-10H2,1-2H3.